The highest BCUT2D eigenvalue weighted by molar-refractivity contribution is 5.79. The van der Waals surface area contributed by atoms with Gasteiger partial charge in [0.25, 0.3) is 0 Å². The molecule has 1 amide bonds. The lowest BCUT2D eigenvalue weighted by Crippen LogP contribution is -2.34. The van der Waals surface area contributed by atoms with E-state index in [1.165, 1.54) is 0 Å². The molecule has 6 heteroatoms. The summed E-state index contributed by atoms with van der Waals surface area (Å²) in [4.78, 5) is 22.5. The predicted octanol–water partition coefficient (Wildman–Crippen LogP) is 2.74. The Morgan fingerprint density at radius 2 is 2.25 bits per heavy atom. The van der Waals surface area contributed by atoms with Crippen LogP contribution in [-0.4, -0.2) is 37.1 Å². The summed E-state index contributed by atoms with van der Waals surface area (Å²) in [6.45, 7) is 5.03. The van der Waals surface area contributed by atoms with Crippen molar-refractivity contribution in [1.82, 2.24) is 24.6 Å². The monoisotopic (exact) mass is 323 g/mol. The fraction of sp³-hybridized carbons (Fsp3) is 0.389. The second-order valence-electron chi connectivity index (χ2n) is 6.50. The fourth-order valence-electron chi connectivity index (χ4n) is 3.60. The molecule has 24 heavy (non-hydrogen) atoms. The summed E-state index contributed by atoms with van der Waals surface area (Å²) in [5.41, 5.74) is 3.92. The van der Waals surface area contributed by atoms with E-state index < -0.39 is 0 Å². The van der Waals surface area contributed by atoms with E-state index in [1.54, 1.807) is 10.9 Å². The number of hydrogen-bond donors (Lipinski definition) is 1. The number of H-pyrrole nitrogens is 1. The van der Waals surface area contributed by atoms with Crippen LogP contribution in [0.5, 0.6) is 0 Å². The first-order valence-corrected chi connectivity index (χ1v) is 8.36. The number of carbonyl (C=O) groups excluding carboxylic acids is 1. The quantitative estimate of drug-likeness (QED) is 0.806. The summed E-state index contributed by atoms with van der Waals surface area (Å²) in [5.74, 6) is 0.121. The maximum absolute atomic E-state index is 12.8. The molecule has 4 rings (SSSR count). The minimum atomic E-state index is 0.101. The minimum absolute atomic E-state index is 0.101. The van der Waals surface area contributed by atoms with Crippen molar-refractivity contribution >= 4 is 16.9 Å². The number of hydrogen-bond acceptors (Lipinski definition) is 3. The molecule has 0 spiro atoms. The minimum Gasteiger partial charge on any atom is -0.341 e. The van der Waals surface area contributed by atoms with Gasteiger partial charge in [-0.15, -0.1) is 0 Å². The number of aromatic nitrogens is 4. The number of aryl methyl sites for hydroxylation is 2. The lowest BCUT2D eigenvalue weighted by Gasteiger charge is -2.24. The van der Waals surface area contributed by atoms with Gasteiger partial charge in [0.1, 0.15) is 12.2 Å². The molecular formula is C18H21N5O. The molecule has 0 unspecified atom stereocenters. The van der Waals surface area contributed by atoms with E-state index in [1.807, 2.05) is 36.9 Å². The molecule has 4 heterocycles. The molecule has 1 aliphatic rings. The Morgan fingerprint density at radius 1 is 1.38 bits per heavy atom. The molecule has 124 valence electrons. The Balaban J connectivity index is 1.57. The van der Waals surface area contributed by atoms with Gasteiger partial charge in [-0.2, -0.15) is 5.10 Å². The molecule has 0 saturated carbocycles. The smallest absolute Gasteiger partial charge is 0.244 e. The van der Waals surface area contributed by atoms with E-state index in [2.05, 4.69) is 21.1 Å². The second kappa shape index (κ2) is 5.78. The van der Waals surface area contributed by atoms with Crippen molar-refractivity contribution in [2.45, 2.75) is 39.3 Å². The molecule has 1 saturated heterocycles. The van der Waals surface area contributed by atoms with Gasteiger partial charge < -0.3 is 9.88 Å². The van der Waals surface area contributed by atoms with Crippen molar-refractivity contribution in [3.63, 3.8) is 0 Å². The number of nitrogens with one attached hydrogen (secondary N) is 1. The summed E-state index contributed by atoms with van der Waals surface area (Å²) >= 11 is 0. The number of aromatic amines is 1. The third kappa shape index (κ3) is 2.58. The van der Waals surface area contributed by atoms with E-state index in [9.17, 15) is 4.79 Å². The zero-order valence-corrected chi connectivity index (χ0v) is 14.0. The van der Waals surface area contributed by atoms with E-state index in [0.717, 1.165) is 47.5 Å². The maximum atomic E-state index is 12.8. The van der Waals surface area contributed by atoms with Gasteiger partial charge in [0.05, 0.1) is 11.7 Å². The van der Waals surface area contributed by atoms with E-state index >= 15 is 0 Å². The van der Waals surface area contributed by atoms with Crippen LogP contribution in [0, 0.1) is 13.8 Å². The van der Waals surface area contributed by atoms with Gasteiger partial charge in [-0.25, -0.2) is 4.98 Å². The average Bonchev–Trinajstić information content (AvgIpc) is 3.25. The molecule has 6 nitrogen and oxygen atoms in total. The molecule has 1 aliphatic heterocycles. The van der Waals surface area contributed by atoms with Gasteiger partial charge in [0, 0.05) is 29.5 Å². The van der Waals surface area contributed by atoms with Gasteiger partial charge in [-0.1, -0.05) is 0 Å². The second-order valence-corrected chi connectivity index (χ2v) is 6.50. The third-order valence-corrected chi connectivity index (χ3v) is 4.73. The lowest BCUT2D eigenvalue weighted by atomic mass is 10.1. The van der Waals surface area contributed by atoms with Gasteiger partial charge in [-0.3, -0.25) is 9.48 Å². The van der Waals surface area contributed by atoms with E-state index in [0.29, 0.717) is 6.54 Å². The largest absolute Gasteiger partial charge is 0.341 e. The number of fused-ring (bicyclic) bond motifs is 1. The lowest BCUT2D eigenvalue weighted by molar-refractivity contribution is -0.133. The fourth-order valence-corrected chi connectivity index (χ4v) is 3.60. The average molecular weight is 323 g/mol. The number of carbonyl (C=O) groups is 1. The van der Waals surface area contributed by atoms with Crippen molar-refractivity contribution in [1.29, 1.82) is 0 Å². The molecule has 0 aromatic carbocycles. The van der Waals surface area contributed by atoms with Crippen LogP contribution in [0.1, 0.15) is 36.0 Å². The number of rotatable bonds is 3. The Labute approximate surface area is 140 Å². The topological polar surface area (TPSA) is 66.8 Å². The number of likely N-dealkylation sites (tertiary alicyclic amines) is 1. The highest BCUT2D eigenvalue weighted by Gasteiger charge is 2.31. The van der Waals surface area contributed by atoms with Crippen LogP contribution in [0.15, 0.2) is 30.5 Å². The zero-order chi connectivity index (χ0) is 16.7. The van der Waals surface area contributed by atoms with Crippen molar-refractivity contribution in [3.05, 3.63) is 47.5 Å². The normalized spacial score (nSPS) is 17.8. The Hall–Kier alpha value is -2.63. The number of pyridine rings is 1. The molecule has 0 radical (unpaired) electrons. The Kier molecular flexibility index (Phi) is 3.59. The summed E-state index contributed by atoms with van der Waals surface area (Å²) in [5, 5.41) is 5.49. The van der Waals surface area contributed by atoms with Crippen molar-refractivity contribution in [2.75, 3.05) is 6.54 Å². The number of amides is 1. The van der Waals surface area contributed by atoms with Gasteiger partial charge in [0.15, 0.2) is 0 Å². The SMILES string of the molecule is Cc1cc(C)n(CC(=O)N2CCC[C@@H]2c2cc3cccnc3[nH]2)n1. The summed E-state index contributed by atoms with van der Waals surface area (Å²) < 4.78 is 1.79. The van der Waals surface area contributed by atoms with Crippen LogP contribution in [-0.2, 0) is 11.3 Å². The van der Waals surface area contributed by atoms with E-state index in [4.69, 9.17) is 0 Å². The highest BCUT2D eigenvalue weighted by Crippen LogP contribution is 2.33. The standard InChI is InChI=1S/C18H21N5O/c1-12-9-13(2)23(21-12)11-17(24)22-8-4-6-16(22)15-10-14-5-3-7-19-18(14)20-15/h3,5,7,9-10,16H,4,6,8,11H2,1-2H3,(H,19,20)/t16-/m1/s1. The molecule has 3 aromatic heterocycles. The van der Waals surface area contributed by atoms with Crippen molar-refractivity contribution in [3.8, 4) is 0 Å². The molecule has 1 atom stereocenters. The predicted molar refractivity (Wildman–Crippen MR) is 91.5 cm³/mol. The van der Waals surface area contributed by atoms with Crippen LogP contribution in [0.3, 0.4) is 0 Å². The number of nitrogens with zero attached hydrogens (tertiary/aromatic N) is 4. The first kappa shape index (κ1) is 14.9. The molecule has 1 N–H and O–H groups in total. The van der Waals surface area contributed by atoms with Gasteiger partial charge in [0.2, 0.25) is 5.91 Å². The molecule has 0 aliphatic carbocycles. The highest BCUT2D eigenvalue weighted by atomic mass is 16.2. The molecule has 3 aromatic rings. The Morgan fingerprint density at radius 3 is 3.00 bits per heavy atom. The summed E-state index contributed by atoms with van der Waals surface area (Å²) in [7, 11) is 0. The van der Waals surface area contributed by atoms with Crippen LogP contribution in [0.25, 0.3) is 11.0 Å². The Bertz CT molecular complexity index is 861. The van der Waals surface area contributed by atoms with Crippen molar-refractivity contribution < 1.29 is 4.79 Å². The maximum Gasteiger partial charge on any atom is 0.244 e. The van der Waals surface area contributed by atoms with Crippen LogP contribution < -0.4 is 0 Å². The van der Waals surface area contributed by atoms with Crippen LogP contribution in [0.2, 0.25) is 0 Å². The summed E-state index contributed by atoms with van der Waals surface area (Å²) in [6, 6.07) is 8.18. The van der Waals surface area contributed by atoms with E-state index in [-0.39, 0.29) is 11.9 Å². The molecule has 0 bridgehead atoms. The zero-order valence-electron chi connectivity index (χ0n) is 14.0. The van der Waals surface area contributed by atoms with Crippen LogP contribution >= 0.6 is 0 Å². The third-order valence-electron chi connectivity index (χ3n) is 4.73. The van der Waals surface area contributed by atoms with Gasteiger partial charge >= 0.3 is 0 Å². The van der Waals surface area contributed by atoms with Gasteiger partial charge in [-0.05, 0) is 51.0 Å². The molecular weight excluding hydrogens is 302 g/mol. The summed E-state index contributed by atoms with van der Waals surface area (Å²) in [6.07, 6.45) is 3.79. The van der Waals surface area contributed by atoms with Crippen molar-refractivity contribution in [2.24, 2.45) is 0 Å². The molecule has 1 fully saturated rings. The first-order chi connectivity index (χ1) is 11.6. The first-order valence-electron chi connectivity index (χ1n) is 8.36. The van der Waals surface area contributed by atoms with Crippen LogP contribution in [0.4, 0.5) is 0 Å².